The Morgan fingerprint density at radius 2 is 2.00 bits per heavy atom. The van der Waals surface area contributed by atoms with Crippen molar-refractivity contribution in [1.29, 1.82) is 0 Å². The molecular formula is C19H27BrN2O3. The van der Waals surface area contributed by atoms with E-state index in [1.54, 1.807) is 12.1 Å². The number of piperidine rings is 2. The van der Waals surface area contributed by atoms with Crippen molar-refractivity contribution < 1.29 is 14.6 Å². The van der Waals surface area contributed by atoms with Crippen molar-refractivity contribution in [2.75, 3.05) is 44.3 Å². The van der Waals surface area contributed by atoms with Gasteiger partial charge in [-0.2, -0.15) is 0 Å². The van der Waals surface area contributed by atoms with Crippen molar-refractivity contribution in [2.45, 2.75) is 25.7 Å². The molecule has 5 nitrogen and oxygen atoms in total. The minimum atomic E-state index is -0.867. The van der Waals surface area contributed by atoms with Crippen LogP contribution in [0, 0.1) is 11.8 Å². The van der Waals surface area contributed by atoms with Crippen LogP contribution in [0.2, 0.25) is 0 Å². The van der Waals surface area contributed by atoms with Crippen molar-refractivity contribution in [2.24, 2.45) is 11.8 Å². The molecule has 1 unspecified atom stereocenters. The second-order valence-electron chi connectivity index (χ2n) is 7.15. The van der Waals surface area contributed by atoms with E-state index in [1.165, 1.54) is 12.8 Å². The fourth-order valence-corrected chi connectivity index (χ4v) is 4.10. The van der Waals surface area contributed by atoms with E-state index in [0.29, 0.717) is 17.4 Å². The summed E-state index contributed by atoms with van der Waals surface area (Å²) in [7, 11) is 0. The summed E-state index contributed by atoms with van der Waals surface area (Å²) in [6.45, 7) is 5.68. The summed E-state index contributed by atoms with van der Waals surface area (Å²) < 4.78 is 6.89. The van der Waals surface area contributed by atoms with Gasteiger partial charge >= 0.3 is 5.97 Å². The lowest BCUT2D eigenvalue weighted by molar-refractivity contribution is 0.0576. The maximum absolute atomic E-state index is 11.5. The smallest absolute Gasteiger partial charge is 0.337 e. The van der Waals surface area contributed by atoms with Crippen molar-refractivity contribution in [3.05, 3.63) is 28.2 Å². The van der Waals surface area contributed by atoms with E-state index in [0.717, 1.165) is 62.4 Å². The number of ether oxygens (including phenoxy) is 1. The van der Waals surface area contributed by atoms with Crippen LogP contribution in [0.15, 0.2) is 22.7 Å². The summed E-state index contributed by atoms with van der Waals surface area (Å²) in [4.78, 5) is 13.7. The van der Waals surface area contributed by atoms with Gasteiger partial charge in [0, 0.05) is 30.7 Å². The molecular weight excluding hydrogens is 384 g/mol. The number of hydrogen-bond acceptors (Lipinski definition) is 4. The monoisotopic (exact) mass is 410 g/mol. The molecule has 138 valence electrons. The Labute approximate surface area is 157 Å². The topological polar surface area (TPSA) is 61.8 Å². The van der Waals surface area contributed by atoms with Crippen LogP contribution in [0.25, 0.3) is 0 Å². The molecule has 0 saturated carbocycles. The number of nitrogens with zero attached hydrogens (tertiary/aromatic N) is 1. The van der Waals surface area contributed by atoms with Crippen LogP contribution < -0.4 is 10.2 Å². The van der Waals surface area contributed by atoms with E-state index in [1.807, 2.05) is 6.07 Å². The SMILES string of the molecule is O=C(O)c1ccc(Br)cc1N1CCC(COCC2CCCNC2)CC1. The maximum Gasteiger partial charge on any atom is 0.337 e. The molecule has 2 aliphatic rings. The van der Waals surface area contributed by atoms with Crippen LogP contribution in [0.5, 0.6) is 0 Å². The Hall–Kier alpha value is -1.11. The van der Waals surface area contributed by atoms with Gasteiger partial charge < -0.3 is 20.1 Å². The third kappa shape index (κ3) is 5.19. The Morgan fingerprint density at radius 1 is 1.24 bits per heavy atom. The number of aromatic carboxylic acids is 1. The van der Waals surface area contributed by atoms with Gasteiger partial charge in [-0.1, -0.05) is 15.9 Å². The summed E-state index contributed by atoms with van der Waals surface area (Å²) in [6.07, 6.45) is 4.63. The van der Waals surface area contributed by atoms with Crippen LogP contribution in [-0.2, 0) is 4.74 Å². The molecule has 2 aliphatic heterocycles. The molecule has 2 saturated heterocycles. The van der Waals surface area contributed by atoms with Gasteiger partial charge in [-0.25, -0.2) is 4.79 Å². The lowest BCUT2D eigenvalue weighted by Crippen LogP contribution is -2.37. The minimum absolute atomic E-state index is 0.377. The largest absolute Gasteiger partial charge is 0.478 e. The third-order valence-corrected chi connectivity index (χ3v) is 5.74. The van der Waals surface area contributed by atoms with Crippen LogP contribution in [0.1, 0.15) is 36.0 Å². The molecule has 0 bridgehead atoms. The van der Waals surface area contributed by atoms with Gasteiger partial charge in [0.2, 0.25) is 0 Å². The zero-order valence-electron chi connectivity index (χ0n) is 14.5. The quantitative estimate of drug-likeness (QED) is 0.752. The highest BCUT2D eigenvalue weighted by Gasteiger charge is 2.23. The van der Waals surface area contributed by atoms with Gasteiger partial charge in [0.1, 0.15) is 0 Å². The first-order valence-corrected chi connectivity index (χ1v) is 9.99. The van der Waals surface area contributed by atoms with Gasteiger partial charge in [-0.05, 0) is 62.3 Å². The molecule has 1 atom stereocenters. The molecule has 1 aromatic rings. The normalized spacial score (nSPS) is 22.1. The lowest BCUT2D eigenvalue weighted by atomic mass is 9.96. The number of hydrogen-bond donors (Lipinski definition) is 2. The first-order chi connectivity index (χ1) is 12.1. The molecule has 0 radical (unpaired) electrons. The Morgan fingerprint density at radius 3 is 2.68 bits per heavy atom. The second kappa shape index (κ2) is 9.01. The first kappa shape index (κ1) is 18.7. The second-order valence-corrected chi connectivity index (χ2v) is 8.06. The number of carbonyl (C=O) groups is 1. The predicted molar refractivity (Wildman–Crippen MR) is 102 cm³/mol. The van der Waals surface area contributed by atoms with Gasteiger partial charge in [0.25, 0.3) is 0 Å². The van der Waals surface area contributed by atoms with E-state index in [9.17, 15) is 9.90 Å². The molecule has 0 spiro atoms. The van der Waals surface area contributed by atoms with Crippen LogP contribution in [-0.4, -0.2) is 50.5 Å². The number of carboxylic acid groups (broad SMARTS) is 1. The summed E-state index contributed by atoms with van der Waals surface area (Å²) >= 11 is 3.45. The zero-order valence-corrected chi connectivity index (χ0v) is 16.1. The molecule has 2 heterocycles. The fraction of sp³-hybridized carbons (Fsp3) is 0.632. The Bertz CT molecular complexity index is 582. The van der Waals surface area contributed by atoms with Crippen molar-refractivity contribution in [3.8, 4) is 0 Å². The van der Waals surface area contributed by atoms with Crippen LogP contribution >= 0.6 is 15.9 Å². The standard InChI is InChI=1S/C19H27BrN2O3/c20-16-3-4-17(19(23)24)18(10-16)22-8-5-14(6-9-22)12-25-13-15-2-1-7-21-11-15/h3-4,10,14-15,21H,1-2,5-9,11-13H2,(H,23,24). The number of carboxylic acids is 1. The molecule has 0 amide bonds. The van der Waals surface area contributed by atoms with Crippen LogP contribution in [0.4, 0.5) is 5.69 Å². The summed E-state index contributed by atoms with van der Waals surface area (Å²) in [5, 5.41) is 12.8. The van der Waals surface area contributed by atoms with Crippen LogP contribution in [0.3, 0.4) is 0 Å². The van der Waals surface area contributed by atoms with Crippen molar-refractivity contribution >= 4 is 27.6 Å². The highest BCUT2D eigenvalue weighted by Crippen LogP contribution is 2.29. The third-order valence-electron chi connectivity index (χ3n) is 5.25. The fourth-order valence-electron chi connectivity index (χ4n) is 3.76. The number of halogens is 1. The van der Waals surface area contributed by atoms with Gasteiger partial charge in [0.05, 0.1) is 17.9 Å². The van der Waals surface area contributed by atoms with E-state index in [2.05, 4.69) is 26.1 Å². The molecule has 25 heavy (non-hydrogen) atoms. The predicted octanol–water partition coefficient (Wildman–Crippen LogP) is 3.38. The number of anilines is 1. The van der Waals surface area contributed by atoms with E-state index in [-0.39, 0.29) is 0 Å². The molecule has 0 aliphatic carbocycles. The first-order valence-electron chi connectivity index (χ1n) is 9.19. The highest BCUT2D eigenvalue weighted by molar-refractivity contribution is 9.10. The maximum atomic E-state index is 11.5. The summed E-state index contributed by atoms with van der Waals surface area (Å²) in [5.41, 5.74) is 1.19. The average Bonchev–Trinajstić information content (AvgIpc) is 2.63. The molecule has 2 fully saturated rings. The minimum Gasteiger partial charge on any atom is -0.478 e. The highest BCUT2D eigenvalue weighted by atomic mass is 79.9. The molecule has 0 aromatic heterocycles. The van der Waals surface area contributed by atoms with E-state index >= 15 is 0 Å². The molecule has 2 N–H and O–H groups in total. The average molecular weight is 411 g/mol. The Balaban J connectivity index is 1.47. The van der Waals surface area contributed by atoms with E-state index in [4.69, 9.17) is 4.74 Å². The zero-order chi connectivity index (χ0) is 17.6. The van der Waals surface area contributed by atoms with Crippen molar-refractivity contribution in [1.82, 2.24) is 5.32 Å². The number of benzene rings is 1. The summed E-state index contributed by atoms with van der Waals surface area (Å²) in [6, 6.07) is 5.37. The van der Waals surface area contributed by atoms with Crippen molar-refractivity contribution in [3.63, 3.8) is 0 Å². The van der Waals surface area contributed by atoms with Gasteiger partial charge in [-0.15, -0.1) is 0 Å². The lowest BCUT2D eigenvalue weighted by Gasteiger charge is -2.34. The van der Waals surface area contributed by atoms with Gasteiger partial charge in [-0.3, -0.25) is 0 Å². The van der Waals surface area contributed by atoms with E-state index < -0.39 is 5.97 Å². The molecule has 3 rings (SSSR count). The summed E-state index contributed by atoms with van der Waals surface area (Å²) in [5.74, 6) is 0.371. The van der Waals surface area contributed by atoms with Gasteiger partial charge in [0.15, 0.2) is 0 Å². The number of rotatable bonds is 6. The number of nitrogens with one attached hydrogen (secondary N) is 1. The molecule has 6 heteroatoms. The Kier molecular flexibility index (Phi) is 6.73. The molecule has 1 aromatic carbocycles.